The van der Waals surface area contributed by atoms with Crippen molar-refractivity contribution in [2.24, 2.45) is 29.1 Å². The first-order chi connectivity index (χ1) is 24.3. The summed E-state index contributed by atoms with van der Waals surface area (Å²) < 4.78 is 5.22. The van der Waals surface area contributed by atoms with Crippen molar-refractivity contribution in [3.8, 4) is 11.1 Å². The molecule has 10 rings (SSSR count). The van der Waals surface area contributed by atoms with E-state index in [0.717, 1.165) is 17.8 Å². The molecular formula is C50H58Cl2Zr. The van der Waals surface area contributed by atoms with E-state index in [1.807, 2.05) is 3.28 Å². The summed E-state index contributed by atoms with van der Waals surface area (Å²) in [4.78, 5) is 0. The zero-order chi connectivity index (χ0) is 35.4. The molecule has 4 aromatic carbocycles. The maximum atomic E-state index is 2.90. The summed E-state index contributed by atoms with van der Waals surface area (Å²) in [6, 6.07) is 31.2. The summed E-state index contributed by atoms with van der Waals surface area (Å²) in [5, 5.41) is 2.77. The summed E-state index contributed by atoms with van der Waals surface area (Å²) in [6.07, 6.45) is 13.2. The molecule has 53 heavy (non-hydrogen) atoms. The summed E-state index contributed by atoms with van der Waals surface area (Å²) >= 11 is -2.71. The van der Waals surface area contributed by atoms with Crippen LogP contribution >= 0.6 is 0 Å². The predicted molar refractivity (Wildman–Crippen MR) is 215 cm³/mol. The Balaban J connectivity index is 0.00000218. The van der Waals surface area contributed by atoms with Crippen LogP contribution in [-0.4, -0.2) is 3.71 Å². The quantitative estimate of drug-likeness (QED) is 0.197. The van der Waals surface area contributed by atoms with Gasteiger partial charge in [0, 0.05) is 0 Å². The molecule has 0 amide bonds. The van der Waals surface area contributed by atoms with E-state index in [4.69, 9.17) is 0 Å². The molecule has 0 aliphatic heterocycles. The van der Waals surface area contributed by atoms with Gasteiger partial charge in [-0.25, -0.2) is 0 Å². The zero-order valence-corrected chi connectivity index (χ0v) is 37.2. The SMILES string of the molecule is CC1=[C](/[Zr+2](=[CH]\c2cccc3ccccc23)[CH]2c3cc(C(C)(C)C)ccc3-c3ccc(C(C)(C)C)cc32)C(C)C=C1CC12CC3CC(CC(C3)C1)C2.[Cl-].[Cl-]. The van der Waals surface area contributed by atoms with Gasteiger partial charge in [0.15, 0.2) is 0 Å². The summed E-state index contributed by atoms with van der Waals surface area (Å²) in [5.41, 5.74) is 14.8. The topological polar surface area (TPSA) is 0 Å². The Labute approximate surface area is 340 Å². The van der Waals surface area contributed by atoms with Crippen LogP contribution in [0, 0.1) is 29.1 Å². The Morgan fingerprint density at radius 1 is 0.698 bits per heavy atom. The third-order valence-corrected chi connectivity index (χ3v) is 22.2. The molecule has 0 nitrogen and oxygen atoms in total. The van der Waals surface area contributed by atoms with E-state index < -0.39 is 21.3 Å². The maximum Gasteiger partial charge on any atom is -1.00 e. The molecule has 3 heteroatoms. The van der Waals surface area contributed by atoms with Gasteiger partial charge >= 0.3 is 318 Å². The van der Waals surface area contributed by atoms with E-state index in [-0.39, 0.29) is 35.6 Å². The second-order valence-corrected chi connectivity index (χ2v) is 25.5. The normalized spacial score (nSPS) is 26.0. The number of hydrogen-bond acceptors (Lipinski definition) is 0. The second kappa shape index (κ2) is 14.2. The number of rotatable bonds is 5. The monoisotopic (exact) mass is 818 g/mol. The average molecular weight is 821 g/mol. The Kier molecular flexibility index (Phi) is 10.5. The van der Waals surface area contributed by atoms with Gasteiger partial charge in [-0.05, 0) is 0 Å². The van der Waals surface area contributed by atoms with Gasteiger partial charge in [-0.2, -0.15) is 0 Å². The van der Waals surface area contributed by atoms with Crippen molar-refractivity contribution in [1.29, 1.82) is 0 Å². The van der Waals surface area contributed by atoms with E-state index in [9.17, 15) is 0 Å². The van der Waals surface area contributed by atoms with Gasteiger partial charge in [-0.1, -0.05) is 0 Å². The predicted octanol–water partition coefficient (Wildman–Crippen LogP) is 7.44. The minimum atomic E-state index is -2.71. The van der Waals surface area contributed by atoms with E-state index in [0.29, 0.717) is 15.0 Å². The van der Waals surface area contributed by atoms with Crippen LogP contribution in [-0.2, 0) is 32.1 Å². The van der Waals surface area contributed by atoms with Gasteiger partial charge in [-0.3, -0.25) is 0 Å². The van der Waals surface area contributed by atoms with Crippen molar-refractivity contribution < 1.29 is 46.1 Å². The molecule has 0 saturated heterocycles. The molecule has 0 N–H and O–H groups in total. The molecule has 4 aromatic rings. The smallest absolute Gasteiger partial charge is 1.00 e. The Morgan fingerprint density at radius 3 is 1.77 bits per heavy atom. The van der Waals surface area contributed by atoms with Crippen molar-refractivity contribution in [2.75, 3.05) is 0 Å². The van der Waals surface area contributed by atoms with E-state index in [1.54, 1.807) is 22.3 Å². The molecule has 4 saturated carbocycles. The number of benzene rings is 4. The van der Waals surface area contributed by atoms with Gasteiger partial charge in [-0.15, -0.1) is 0 Å². The second-order valence-electron chi connectivity index (χ2n) is 19.8. The number of allylic oxidation sites excluding steroid dienone is 4. The van der Waals surface area contributed by atoms with E-state index in [2.05, 4.69) is 144 Å². The molecule has 1 atom stereocenters. The van der Waals surface area contributed by atoms with Gasteiger partial charge in [0.25, 0.3) is 0 Å². The van der Waals surface area contributed by atoms with E-state index >= 15 is 0 Å². The molecule has 6 aliphatic rings. The third-order valence-electron chi connectivity index (χ3n) is 14.0. The van der Waals surface area contributed by atoms with E-state index in [1.165, 1.54) is 83.5 Å². The van der Waals surface area contributed by atoms with Crippen LogP contribution < -0.4 is 24.8 Å². The van der Waals surface area contributed by atoms with Crippen molar-refractivity contribution in [3.63, 3.8) is 0 Å². The Bertz CT molecular complexity index is 2060. The van der Waals surface area contributed by atoms with Crippen molar-refractivity contribution in [3.05, 3.63) is 127 Å². The van der Waals surface area contributed by atoms with Crippen LogP contribution in [0.4, 0.5) is 0 Å². The molecule has 0 spiro atoms. The van der Waals surface area contributed by atoms with Gasteiger partial charge in [0.1, 0.15) is 0 Å². The van der Waals surface area contributed by atoms with Gasteiger partial charge < -0.3 is 24.8 Å². The molecule has 0 heterocycles. The van der Waals surface area contributed by atoms with Gasteiger partial charge in [0.05, 0.1) is 0 Å². The summed E-state index contributed by atoms with van der Waals surface area (Å²) in [7, 11) is 0. The van der Waals surface area contributed by atoms with Crippen LogP contribution in [0.2, 0.25) is 0 Å². The fourth-order valence-corrected chi connectivity index (χ4v) is 20.8. The van der Waals surface area contributed by atoms with Crippen LogP contribution in [0.1, 0.15) is 132 Å². The van der Waals surface area contributed by atoms with Crippen molar-refractivity contribution in [2.45, 2.75) is 115 Å². The number of halogens is 2. The van der Waals surface area contributed by atoms with Crippen LogP contribution in [0.25, 0.3) is 21.9 Å². The van der Waals surface area contributed by atoms with Crippen LogP contribution in [0.3, 0.4) is 0 Å². The molecule has 0 aromatic heterocycles. The number of hydrogen-bond donors (Lipinski definition) is 0. The summed E-state index contributed by atoms with van der Waals surface area (Å²) in [5.74, 6) is 3.53. The molecule has 4 fully saturated rings. The fourth-order valence-electron chi connectivity index (χ4n) is 12.0. The van der Waals surface area contributed by atoms with Crippen molar-refractivity contribution >= 4 is 14.5 Å². The summed E-state index contributed by atoms with van der Waals surface area (Å²) in [6.45, 7) is 19.5. The van der Waals surface area contributed by atoms with Crippen molar-refractivity contribution in [1.82, 2.24) is 0 Å². The Morgan fingerprint density at radius 2 is 1.23 bits per heavy atom. The molecule has 276 valence electrons. The standard InChI is InChI=1S/C21H25.C18H25.C11H8.2ClH.Zr/c1-20(2,3)16-7-9-18-14(12-16)11-15-13-17(21(4,5)6)8-10-19(15)18;1-12-3-13(2)17(4-12)11-18-8-14-5-15(9-18)7-16(6-14)10-18;1-9-5-4-7-10-6-2-3-8-11(9)10;;;/h7-13H,1-6H3;4,12,14-16H,5-11H2,1-2H3;1-8H;2*1H;/q;;;;;+2/p-2. The Hall–Kier alpha value is -2.05. The zero-order valence-electron chi connectivity index (χ0n) is 33.3. The molecule has 1 unspecified atom stereocenters. The largest absolute Gasteiger partial charge is 1.00 e. The first-order valence-corrected chi connectivity index (χ1v) is 24.2. The molecule has 0 radical (unpaired) electrons. The van der Waals surface area contributed by atoms with Crippen LogP contribution in [0.5, 0.6) is 0 Å². The first-order valence-electron chi connectivity index (χ1n) is 20.2. The third kappa shape index (κ3) is 6.91. The number of fused-ring (bicyclic) bond motifs is 4. The maximum absolute atomic E-state index is 2.90. The minimum Gasteiger partial charge on any atom is -1.00 e. The molecular weight excluding hydrogens is 763 g/mol. The van der Waals surface area contributed by atoms with Gasteiger partial charge in [0.2, 0.25) is 0 Å². The molecule has 4 bridgehead atoms. The fraction of sp³-hybridized carbons (Fsp3) is 0.460. The average Bonchev–Trinajstić information content (AvgIpc) is 3.53. The van der Waals surface area contributed by atoms with Crippen LogP contribution in [0.15, 0.2) is 99.4 Å². The minimum absolute atomic E-state index is 0. The first kappa shape index (κ1) is 39.2. The molecule has 6 aliphatic carbocycles.